The molecule has 0 saturated heterocycles. The number of rotatable bonds is 7. The second kappa shape index (κ2) is 13.7. The van der Waals surface area contributed by atoms with E-state index in [1.165, 1.54) is 77.2 Å². The van der Waals surface area contributed by atoms with Crippen molar-refractivity contribution in [2.75, 3.05) is 4.90 Å². The molecular formula is C55H41N. The van der Waals surface area contributed by atoms with Gasteiger partial charge >= 0.3 is 0 Å². The number of fused-ring (bicyclic) bond motifs is 3. The minimum absolute atomic E-state index is 0.0232. The Kier molecular flexibility index (Phi) is 8.23. The van der Waals surface area contributed by atoms with E-state index >= 15 is 0 Å². The molecule has 0 amide bonds. The second-order valence-electron chi connectivity index (χ2n) is 15.4. The molecule has 56 heavy (non-hydrogen) atoms. The van der Waals surface area contributed by atoms with E-state index in [4.69, 9.17) is 0 Å². The van der Waals surface area contributed by atoms with Crippen molar-refractivity contribution in [2.45, 2.75) is 19.3 Å². The summed E-state index contributed by atoms with van der Waals surface area (Å²) >= 11 is 0. The lowest BCUT2D eigenvalue weighted by atomic mass is 9.78. The Balaban J connectivity index is 0.974. The molecule has 0 N–H and O–H groups in total. The van der Waals surface area contributed by atoms with Gasteiger partial charge < -0.3 is 4.90 Å². The lowest BCUT2D eigenvalue weighted by Gasteiger charge is -2.26. The Morgan fingerprint density at radius 3 is 1.14 bits per heavy atom. The minimum atomic E-state index is -0.0232. The van der Waals surface area contributed by atoms with E-state index in [-0.39, 0.29) is 5.41 Å². The summed E-state index contributed by atoms with van der Waals surface area (Å²) in [6.45, 7) is 4.66. The van der Waals surface area contributed by atoms with Crippen molar-refractivity contribution >= 4 is 50.3 Å². The highest BCUT2D eigenvalue weighted by Crippen LogP contribution is 2.46. The van der Waals surface area contributed by atoms with Crippen LogP contribution in [0.3, 0.4) is 0 Å². The van der Waals surface area contributed by atoms with Crippen molar-refractivity contribution in [3.05, 3.63) is 223 Å². The molecule has 0 aliphatic heterocycles. The number of benzene rings is 9. The van der Waals surface area contributed by atoms with Crippen molar-refractivity contribution < 1.29 is 0 Å². The van der Waals surface area contributed by atoms with Crippen LogP contribution in [0.2, 0.25) is 0 Å². The van der Waals surface area contributed by atoms with Crippen molar-refractivity contribution in [3.63, 3.8) is 0 Å². The molecule has 0 saturated carbocycles. The molecule has 0 unspecified atom stereocenters. The minimum Gasteiger partial charge on any atom is -0.311 e. The number of anilines is 3. The predicted octanol–water partition coefficient (Wildman–Crippen LogP) is 15.3. The summed E-state index contributed by atoms with van der Waals surface area (Å²) in [5, 5.41) is 5.02. The van der Waals surface area contributed by atoms with Crippen molar-refractivity contribution in [1.82, 2.24) is 0 Å². The first kappa shape index (κ1) is 33.6. The third-order valence-electron chi connectivity index (χ3n) is 11.7. The summed E-state index contributed by atoms with van der Waals surface area (Å²) in [6.07, 6.45) is 2.36. The quantitative estimate of drug-likeness (QED) is 0.159. The lowest BCUT2D eigenvalue weighted by molar-refractivity contribution is 0.704. The fourth-order valence-electron chi connectivity index (χ4n) is 8.55. The summed E-state index contributed by atoms with van der Waals surface area (Å²) in [6, 6.07) is 75.3. The molecule has 266 valence electrons. The highest BCUT2D eigenvalue weighted by molar-refractivity contribution is 5.94. The smallest absolute Gasteiger partial charge is 0.0462 e. The van der Waals surface area contributed by atoms with E-state index in [2.05, 4.69) is 231 Å². The number of nitrogens with zero attached hydrogens (tertiary/aromatic N) is 1. The second-order valence-corrected chi connectivity index (χ2v) is 15.4. The summed E-state index contributed by atoms with van der Waals surface area (Å²) in [7, 11) is 0. The van der Waals surface area contributed by atoms with Crippen molar-refractivity contribution in [3.8, 4) is 33.4 Å². The van der Waals surface area contributed by atoms with Crippen LogP contribution in [0, 0.1) is 0 Å². The molecule has 1 heteroatoms. The normalized spacial score (nSPS) is 13.1. The molecule has 0 spiro atoms. The number of hydrogen-bond acceptors (Lipinski definition) is 1. The maximum atomic E-state index is 2.36. The van der Waals surface area contributed by atoms with Gasteiger partial charge in [-0.3, -0.25) is 0 Å². The van der Waals surface area contributed by atoms with Gasteiger partial charge in [0.25, 0.3) is 0 Å². The molecule has 9 aromatic rings. The van der Waals surface area contributed by atoms with Gasteiger partial charge in [-0.1, -0.05) is 172 Å². The summed E-state index contributed by atoms with van der Waals surface area (Å²) in [5.74, 6) is 0. The summed E-state index contributed by atoms with van der Waals surface area (Å²) < 4.78 is 0. The van der Waals surface area contributed by atoms with Crippen molar-refractivity contribution in [2.24, 2.45) is 0 Å². The van der Waals surface area contributed by atoms with Gasteiger partial charge in [-0.15, -0.1) is 0 Å². The topological polar surface area (TPSA) is 3.24 Å². The average molecular weight is 716 g/mol. The Labute approximate surface area is 329 Å². The average Bonchev–Trinajstić information content (AvgIpc) is 3.54. The van der Waals surface area contributed by atoms with Gasteiger partial charge in [-0.2, -0.15) is 0 Å². The van der Waals surface area contributed by atoms with Crippen LogP contribution in [-0.2, 0) is 5.41 Å². The third-order valence-corrected chi connectivity index (χ3v) is 11.7. The largest absolute Gasteiger partial charge is 0.311 e. The molecule has 0 radical (unpaired) electrons. The SMILES string of the molecule is CC1(C)C(c2ccc(-c3ccc(N(c4ccc(-c5ccc6ccccc6c5)cc4)c4ccc(-c5ccc6ccccc6c5)cc4)cc3)cc2)=Cc2ccccc21. The standard InChI is InChI=1S/C55H41N/c1-55(2)53-14-8-7-13-49(53)37-54(55)44-19-15-40(16-20-44)41-23-29-50(30-24-41)56(51-31-25-42(26-32-51)47-21-17-38-9-3-5-11-45(38)35-47)52-33-27-43(28-34-52)48-22-18-39-10-4-6-12-46(39)36-48/h3-37H,1-2H3. The van der Waals surface area contributed by atoms with Gasteiger partial charge in [-0.05, 0) is 132 Å². The third kappa shape index (κ3) is 6.08. The molecule has 10 rings (SSSR count). The Bertz CT molecular complexity index is 2770. The molecule has 0 heterocycles. The van der Waals surface area contributed by atoms with Crippen molar-refractivity contribution in [1.29, 1.82) is 0 Å². The zero-order valence-corrected chi connectivity index (χ0v) is 31.7. The van der Waals surface area contributed by atoms with Crippen LogP contribution in [0.1, 0.15) is 30.5 Å². The first-order valence-corrected chi connectivity index (χ1v) is 19.5. The molecule has 9 aromatic carbocycles. The van der Waals surface area contributed by atoms with E-state index in [1.54, 1.807) is 0 Å². The Hall–Kier alpha value is -6.96. The van der Waals surface area contributed by atoms with Gasteiger partial charge in [0.15, 0.2) is 0 Å². The van der Waals surface area contributed by atoms with E-state index in [9.17, 15) is 0 Å². The van der Waals surface area contributed by atoms with Crippen LogP contribution in [0.25, 0.3) is 66.6 Å². The maximum absolute atomic E-state index is 2.36. The molecule has 0 aromatic heterocycles. The highest BCUT2D eigenvalue weighted by Gasteiger charge is 2.33. The monoisotopic (exact) mass is 715 g/mol. The van der Waals surface area contributed by atoms with Crippen LogP contribution in [0.5, 0.6) is 0 Å². The van der Waals surface area contributed by atoms with Gasteiger partial charge in [0.1, 0.15) is 0 Å². The molecule has 1 nitrogen and oxygen atoms in total. The van der Waals surface area contributed by atoms with Gasteiger partial charge in [-0.25, -0.2) is 0 Å². The van der Waals surface area contributed by atoms with E-state index in [0.717, 1.165) is 17.1 Å². The molecule has 1 aliphatic rings. The van der Waals surface area contributed by atoms with Gasteiger partial charge in [0.2, 0.25) is 0 Å². The summed E-state index contributed by atoms with van der Waals surface area (Å²) in [5.41, 5.74) is 15.9. The summed E-state index contributed by atoms with van der Waals surface area (Å²) in [4.78, 5) is 2.35. The predicted molar refractivity (Wildman–Crippen MR) is 240 cm³/mol. The number of hydrogen-bond donors (Lipinski definition) is 0. The molecule has 0 atom stereocenters. The van der Waals surface area contributed by atoms with Crippen LogP contribution in [0.4, 0.5) is 17.1 Å². The highest BCUT2D eigenvalue weighted by atomic mass is 15.1. The van der Waals surface area contributed by atoms with Crippen LogP contribution in [-0.4, -0.2) is 0 Å². The Morgan fingerprint density at radius 1 is 0.321 bits per heavy atom. The first-order chi connectivity index (χ1) is 27.5. The number of allylic oxidation sites excluding steroid dienone is 1. The zero-order valence-electron chi connectivity index (χ0n) is 31.7. The van der Waals surface area contributed by atoms with Crippen LogP contribution >= 0.6 is 0 Å². The van der Waals surface area contributed by atoms with Crippen LogP contribution < -0.4 is 4.90 Å². The fourth-order valence-corrected chi connectivity index (χ4v) is 8.55. The van der Waals surface area contributed by atoms with Gasteiger partial charge in [0, 0.05) is 22.5 Å². The lowest BCUT2D eigenvalue weighted by Crippen LogP contribution is -2.16. The maximum Gasteiger partial charge on any atom is 0.0462 e. The van der Waals surface area contributed by atoms with E-state index < -0.39 is 0 Å². The van der Waals surface area contributed by atoms with E-state index in [1.807, 2.05) is 0 Å². The Morgan fingerprint density at radius 2 is 0.679 bits per heavy atom. The molecule has 0 bridgehead atoms. The molecular weight excluding hydrogens is 675 g/mol. The zero-order chi connectivity index (χ0) is 37.6. The first-order valence-electron chi connectivity index (χ1n) is 19.5. The fraction of sp³-hybridized carbons (Fsp3) is 0.0545. The van der Waals surface area contributed by atoms with E-state index in [0.29, 0.717) is 0 Å². The van der Waals surface area contributed by atoms with Gasteiger partial charge in [0.05, 0.1) is 0 Å². The molecule has 0 fully saturated rings. The molecule has 1 aliphatic carbocycles. The van der Waals surface area contributed by atoms with Crippen LogP contribution in [0.15, 0.2) is 206 Å².